The first-order valence-corrected chi connectivity index (χ1v) is 11.6. The zero-order valence-corrected chi connectivity index (χ0v) is 18.4. The van der Waals surface area contributed by atoms with Crippen molar-refractivity contribution in [3.63, 3.8) is 0 Å². The molecule has 2 heterocycles. The van der Waals surface area contributed by atoms with Crippen LogP contribution in [0.2, 0.25) is 0 Å². The van der Waals surface area contributed by atoms with Crippen molar-refractivity contribution in [1.82, 2.24) is 19.5 Å². The second-order valence-corrected chi connectivity index (χ2v) is 9.42. The molecule has 5 rings (SSSR count). The van der Waals surface area contributed by atoms with Gasteiger partial charge in [0.2, 0.25) is 5.91 Å². The van der Waals surface area contributed by atoms with Crippen LogP contribution in [0.5, 0.6) is 0 Å². The molecule has 8 nitrogen and oxygen atoms in total. The number of hydrogen-bond acceptors (Lipinski definition) is 5. The van der Waals surface area contributed by atoms with Crippen molar-refractivity contribution in [2.75, 3.05) is 5.32 Å². The van der Waals surface area contributed by atoms with Gasteiger partial charge in [0.1, 0.15) is 0 Å². The molecule has 9 heteroatoms. The molecule has 1 aliphatic carbocycles. The number of fused-ring (bicyclic) bond motifs is 2. The molecule has 1 fully saturated rings. The van der Waals surface area contributed by atoms with Crippen molar-refractivity contribution in [2.24, 2.45) is 0 Å². The van der Waals surface area contributed by atoms with E-state index in [-0.39, 0.29) is 23.2 Å². The van der Waals surface area contributed by atoms with E-state index in [1.165, 1.54) is 11.8 Å². The minimum absolute atomic E-state index is 0.0422. The highest BCUT2D eigenvalue weighted by atomic mass is 32.2. The first-order valence-electron chi connectivity index (χ1n) is 10.7. The number of H-pyrrole nitrogens is 2. The average Bonchev–Trinajstić information content (AvgIpc) is 3.42. The van der Waals surface area contributed by atoms with Crippen LogP contribution in [0.1, 0.15) is 38.6 Å². The third-order valence-corrected chi connectivity index (χ3v) is 6.97. The van der Waals surface area contributed by atoms with E-state index < -0.39 is 5.25 Å². The molecule has 164 valence electrons. The maximum Gasteiger partial charge on any atom is 0.323 e. The Kier molecular flexibility index (Phi) is 5.34. The molecule has 1 atom stereocenters. The Morgan fingerprint density at radius 3 is 2.69 bits per heavy atom. The van der Waals surface area contributed by atoms with E-state index in [0.717, 1.165) is 25.7 Å². The topological polar surface area (TPSA) is 113 Å². The number of hydrogen-bond donors (Lipinski definition) is 3. The molecule has 0 radical (unpaired) electrons. The predicted octanol–water partition coefficient (Wildman–Crippen LogP) is 3.80. The van der Waals surface area contributed by atoms with Gasteiger partial charge in [-0.2, -0.15) is 0 Å². The number of thioether (sulfide) groups is 1. The monoisotopic (exact) mass is 449 g/mol. The van der Waals surface area contributed by atoms with Gasteiger partial charge in [0.05, 0.1) is 27.2 Å². The van der Waals surface area contributed by atoms with Crippen LogP contribution in [0.25, 0.3) is 21.9 Å². The summed E-state index contributed by atoms with van der Waals surface area (Å²) in [4.78, 5) is 47.8. The number of nitrogens with one attached hydrogen (secondary N) is 3. The number of rotatable bonds is 5. The number of amides is 1. The summed E-state index contributed by atoms with van der Waals surface area (Å²) in [5.41, 5.74) is 2.20. The van der Waals surface area contributed by atoms with Crippen molar-refractivity contribution >= 4 is 45.3 Å². The summed E-state index contributed by atoms with van der Waals surface area (Å²) in [5, 5.41) is 3.60. The fourth-order valence-corrected chi connectivity index (χ4v) is 5.24. The third kappa shape index (κ3) is 3.84. The summed E-state index contributed by atoms with van der Waals surface area (Å²) in [7, 11) is 0. The molecule has 0 bridgehead atoms. The maximum atomic E-state index is 13.3. The van der Waals surface area contributed by atoms with Crippen LogP contribution in [0.15, 0.2) is 57.2 Å². The number of aromatic nitrogens is 4. The Balaban J connectivity index is 1.43. The number of imidazole rings is 1. The van der Waals surface area contributed by atoms with E-state index in [4.69, 9.17) is 4.98 Å². The Labute approximate surface area is 187 Å². The molecule has 4 aromatic rings. The lowest BCUT2D eigenvalue weighted by Crippen LogP contribution is -2.29. The Hall–Kier alpha value is -3.33. The molecule has 1 unspecified atom stereocenters. The fourth-order valence-electron chi connectivity index (χ4n) is 4.26. The summed E-state index contributed by atoms with van der Waals surface area (Å²) >= 11 is 1.30. The third-order valence-electron chi connectivity index (χ3n) is 5.90. The Bertz CT molecular complexity index is 1430. The standard InChI is InChI=1S/C23H23N5O3S/c1-13(20(29)24-14-10-11-18-19(12-14)26-22(31)25-18)32-23-27-17-9-5-4-8-16(17)21(30)28(23)15-6-2-3-7-15/h4-5,8-13,15H,2-3,6-7H2,1H3,(H,24,29)(H2,25,26,31). The summed E-state index contributed by atoms with van der Waals surface area (Å²) in [6, 6.07) is 12.7. The summed E-state index contributed by atoms with van der Waals surface area (Å²) < 4.78 is 1.79. The Morgan fingerprint density at radius 1 is 1.12 bits per heavy atom. The predicted molar refractivity (Wildman–Crippen MR) is 126 cm³/mol. The first kappa shape index (κ1) is 20.6. The Morgan fingerprint density at radius 2 is 1.88 bits per heavy atom. The van der Waals surface area contributed by atoms with E-state index in [0.29, 0.717) is 32.8 Å². The molecule has 3 N–H and O–H groups in total. The van der Waals surface area contributed by atoms with Crippen LogP contribution < -0.4 is 16.6 Å². The van der Waals surface area contributed by atoms with Crippen LogP contribution in [0, 0.1) is 0 Å². The lowest BCUT2D eigenvalue weighted by atomic mass is 10.2. The quantitative estimate of drug-likeness (QED) is 0.317. The summed E-state index contributed by atoms with van der Waals surface area (Å²) in [5.74, 6) is -0.201. The second kappa shape index (κ2) is 8.31. The van der Waals surface area contributed by atoms with Gasteiger partial charge in [-0.05, 0) is 50.1 Å². The number of carbonyl (C=O) groups is 1. The molecule has 2 aromatic carbocycles. The first-order chi connectivity index (χ1) is 15.5. The van der Waals surface area contributed by atoms with E-state index in [2.05, 4.69) is 15.3 Å². The molecule has 2 aromatic heterocycles. The van der Waals surface area contributed by atoms with Gasteiger partial charge in [-0.3, -0.25) is 14.2 Å². The fraction of sp³-hybridized carbons (Fsp3) is 0.304. The van der Waals surface area contributed by atoms with E-state index in [1.54, 1.807) is 29.7 Å². The average molecular weight is 450 g/mol. The molecule has 0 aliphatic heterocycles. The minimum atomic E-state index is -0.475. The van der Waals surface area contributed by atoms with Crippen molar-refractivity contribution in [1.29, 1.82) is 0 Å². The molecular formula is C23H23N5O3S. The largest absolute Gasteiger partial charge is 0.325 e. The van der Waals surface area contributed by atoms with Crippen molar-refractivity contribution in [2.45, 2.75) is 49.1 Å². The van der Waals surface area contributed by atoms with Gasteiger partial charge < -0.3 is 15.3 Å². The van der Waals surface area contributed by atoms with Gasteiger partial charge in [-0.25, -0.2) is 9.78 Å². The SMILES string of the molecule is CC(Sc1nc2ccccc2c(=O)n1C1CCCC1)C(=O)Nc1ccc2[nH]c(=O)[nH]c2c1. The van der Waals surface area contributed by atoms with E-state index in [9.17, 15) is 14.4 Å². The molecule has 1 aliphatic rings. The summed E-state index contributed by atoms with van der Waals surface area (Å²) in [6.07, 6.45) is 4.08. The van der Waals surface area contributed by atoms with Crippen LogP contribution in [-0.4, -0.2) is 30.7 Å². The molecule has 1 saturated carbocycles. The molecule has 32 heavy (non-hydrogen) atoms. The van der Waals surface area contributed by atoms with Gasteiger partial charge in [0.15, 0.2) is 5.16 Å². The van der Waals surface area contributed by atoms with Gasteiger partial charge >= 0.3 is 5.69 Å². The molecule has 0 saturated heterocycles. The van der Waals surface area contributed by atoms with Crippen molar-refractivity contribution in [3.05, 3.63) is 63.3 Å². The van der Waals surface area contributed by atoms with Crippen molar-refractivity contribution in [3.8, 4) is 0 Å². The van der Waals surface area contributed by atoms with Crippen molar-refractivity contribution < 1.29 is 4.79 Å². The molecular weight excluding hydrogens is 426 g/mol. The highest BCUT2D eigenvalue weighted by molar-refractivity contribution is 8.00. The lowest BCUT2D eigenvalue weighted by Gasteiger charge is -2.20. The zero-order valence-electron chi connectivity index (χ0n) is 17.6. The highest BCUT2D eigenvalue weighted by Crippen LogP contribution is 2.33. The normalized spacial score (nSPS) is 15.4. The second-order valence-electron chi connectivity index (χ2n) is 8.11. The van der Waals surface area contributed by atoms with E-state index in [1.807, 2.05) is 24.3 Å². The number of benzene rings is 2. The lowest BCUT2D eigenvalue weighted by molar-refractivity contribution is -0.115. The maximum absolute atomic E-state index is 13.3. The van der Waals surface area contributed by atoms with Gasteiger partial charge in [0.25, 0.3) is 5.56 Å². The summed E-state index contributed by atoms with van der Waals surface area (Å²) in [6.45, 7) is 1.80. The number of nitrogens with zero attached hydrogens (tertiary/aromatic N) is 2. The molecule has 0 spiro atoms. The van der Waals surface area contributed by atoms with Crippen LogP contribution in [0.4, 0.5) is 5.69 Å². The number of aromatic amines is 2. The smallest absolute Gasteiger partial charge is 0.323 e. The number of anilines is 1. The molecule has 1 amide bonds. The number of para-hydroxylation sites is 1. The van der Waals surface area contributed by atoms with Crippen LogP contribution in [-0.2, 0) is 4.79 Å². The number of carbonyl (C=O) groups excluding carboxylic acids is 1. The minimum Gasteiger partial charge on any atom is -0.325 e. The van der Waals surface area contributed by atoms with E-state index >= 15 is 0 Å². The van der Waals surface area contributed by atoms with Crippen LogP contribution in [0.3, 0.4) is 0 Å². The van der Waals surface area contributed by atoms with Crippen LogP contribution >= 0.6 is 11.8 Å². The van der Waals surface area contributed by atoms with Gasteiger partial charge in [0, 0.05) is 11.7 Å². The zero-order chi connectivity index (χ0) is 22.2. The van der Waals surface area contributed by atoms with Gasteiger partial charge in [-0.15, -0.1) is 0 Å². The highest BCUT2D eigenvalue weighted by Gasteiger charge is 2.25. The van der Waals surface area contributed by atoms with Gasteiger partial charge in [-0.1, -0.05) is 36.7 Å².